The molecule has 0 bridgehead atoms. The van der Waals surface area contributed by atoms with Crippen molar-refractivity contribution < 1.29 is 4.79 Å². The van der Waals surface area contributed by atoms with E-state index in [0.717, 1.165) is 56.0 Å². The molecule has 1 aromatic carbocycles. The molecule has 2 fully saturated rings. The van der Waals surface area contributed by atoms with E-state index < -0.39 is 0 Å². The maximum absolute atomic E-state index is 12.7. The average molecular weight is 325 g/mol. The predicted octanol–water partition coefficient (Wildman–Crippen LogP) is 2.00. The Hall–Kier alpha value is -2.21. The number of aromatic amines is 1. The number of hydrogen-bond acceptors (Lipinski definition) is 4. The van der Waals surface area contributed by atoms with Crippen molar-refractivity contribution in [2.75, 3.05) is 26.2 Å². The minimum absolute atomic E-state index is 0.133. The van der Waals surface area contributed by atoms with Crippen molar-refractivity contribution >= 4 is 5.91 Å². The van der Waals surface area contributed by atoms with Gasteiger partial charge in [0, 0.05) is 30.8 Å². The molecule has 4 rings (SSSR count). The molecule has 0 atom stereocenters. The summed E-state index contributed by atoms with van der Waals surface area (Å²) in [6.07, 6.45) is 3.47. The Labute approximate surface area is 141 Å². The van der Waals surface area contributed by atoms with Gasteiger partial charge in [0.25, 0.3) is 5.91 Å². The van der Waals surface area contributed by atoms with E-state index in [1.165, 1.54) is 6.42 Å². The Kier molecular flexibility index (Phi) is 3.84. The first-order valence-electron chi connectivity index (χ1n) is 8.65. The van der Waals surface area contributed by atoms with E-state index in [4.69, 9.17) is 0 Å². The van der Waals surface area contributed by atoms with Crippen molar-refractivity contribution in [1.29, 1.82) is 0 Å². The smallest absolute Gasteiger partial charge is 0.253 e. The fourth-order valence-corrected chi connectivity index (χ4v) is 3.82. The highest BCUT2D eigenvalue weighted by atomic mass is 16.2. The summed E-state index contributed by atoms with van der Waals surface area (Å²) in [6.45, 7) is 5.83. The molecule has 0 unspecified atom stereocenters. The van der Waals surface area contributed by atoms with Crippen LogP contribution < -0.4 is 5.32 Å². The lowest BCUT2D eigenvalue weighted by Crippen LogP contribution is -2.44. The summed E-state index contributed by atoms with van der Waals surface area (Å²) in [5, 5.41) is 10.5. The number of piperidine rings is 1. The Morgan fingerprint density at radius 3 is 2.50 bits per heavy atom. The van der Waals surface area contributed by atoms with Gasteiger partial charge in [-0.15, -0.1) is 0 Å². The summed E-state index contributed by atoms with van der Waals surface area (Å²) in [5.41, 5.74) is 2.10. The van der Waals surface area contributed by atoms with Crippen LogP contribution in [0, 0.1) is 12.3 Å². The maximum Gasteiger partial charge on any atom is 0.253 e. The summed E-state index contributed by atoms with van der Waals surface area (Å²) >= 11 is 0. The summed E-state index contributed by atoms with van der Waals surface area (Å²) in [6, 6.07) is 7.60. The second-order valence-electron chi connectivity index (χ2n) is 7.04. The second-order valence-corrected chi connectivity index (χ2v) is 7.04. The van der Waals surface area contributed by atoms with Crippen LogP contribution >= 0.6 is 0 Å². The Bertz CT molecular complexity index is 720. The van der Waals surface area contributed by atoms with E-state index >= 15 is 0 Å². The quantitative estimate of drug-likeness (QED) is 0.886. The Morgan fingerprint density at radius 2 is 1.92 bits per heavy atom. The minimum Gasteiger partial charge on any atom is -0.339 e. The van der Waals surface area contributed by atoms with Gasteiger partial charge in [0.15, 0.2) is 5.82 Å². The van der Waals surface area contributed by atoms with Crippen molar-refractivity contribution in [3.8, 4) is 11.4 Å². The third-order valence-corrected chi connectivity index (χ3v) is 5.43. The molecule has 3 heterocycles. The highest BCUT2D eigenvalue weighted by molar-refractivity contribution is 5.94. The summed E-state index contributed by atoms with van der Waals surface area (Å²) in [7, 11) is 0. The van der Waals surface area contributed by atoms with Crippen LogP contribution in [0.15, 0.2) is 24.3 Å². The first-order valence-corrected chi connectivity index (χ1v) is 8.65. The van der Waals surface area contributed by atoms with Gasteiger partial charge in [-0.25, -0.2) is 4.98 Å². The number of hydrogen-bond donors (Lipinski definition) is 2. The van der Waals surface area contributed by atoms with Crippen molar-refractivity contribution in [3.05, 3.63) is 35.7 Å². The topological polar surface area (TPSA) is 73.9 Å². The lowest BCUT2D eigenvalue weighted by atomic mass is 9.78. The van der Waals surface area contributed by atoms with Crippen LogP contribution in [0.3, 0.4) is 0 Å². The number of aryl methyl sites for hydroxylation is 1. The Morgan fingerprint density at radius 1 is 1.17 bits per heavy atom. The largest absolute Gasteiger partial charge is 0.339 e. The molecule has 6 nitrogen and oxygen atoms in total. The van der Waals surface area contributed by atoms with E-state index in [9.17, 15) is 4.79 Å². The van der Waals surface area contributed by atoms with Crippen molar-refractivity contribution in [1.82, 2.24) is 25.4 Å². The van der Waals surface area contributed by atoms with Gasteiger partial charge in [-0.1, -0.05) is 12.1 Å². The van der Waals surface area contributed by atoms with E-state index in [1.54, 1.807) is 0 Å². The minimum atomic E-state index is 0.133. The fourth-order valence-electron chi connectivity index (χ4n) is 3.82. The first kappa shape index (κ1) is 15.3. The van der Waals surface area contributed by atoms with Crippen LogP contribution in [0.25, 0.3) is 11.4 Å². The Balaban J connectivity index is 1.43. The molecule has 1 aromatic heterocycles. The number of H-pyrrole nitrogens is 1. The van der Waals surface area contributed by atoms with Crippen LogP contribution in [0.5, 0.6) is 0 Å². The predicted molar refractivity (Wildman–Crippen MR) is 91.6 cm³/mol. The SMILES string of the molecule is Cc1nc(-c2ccc(C(=O)N3CCC4(CCNC4)CC3)cc2)n[nH]1. The lowest BCUT2D eigenvalue weighted by Gasteiger charge is -2.38. The van der Waals surface area contributed by atoms with E-state index in [0.29, 0.717) is 11.2 Å². The summed E-state index contributed by atoms with van der Waals surface area (Å²) in [5.74, 6) is 1.59. The summed E-state index contributed by atoms with van der Waals surface area (Å²) in [4.78, 5) is 19.0. The first-order chi connectivity index (χ1) is 11.7. The highest BCUT2D eigenvalue weighted by Crippen LogP contribution is 2.37. The molecular formula is C18H23N5O. The van der Waals surface area contributed by atoms with Gasteiger partial charge < -0.3 is 10.2 Å². The second kappa shape index (κ2) is 6.02. The number of nitrogens with one attached hydrogen (secondary N) is 2. The standard InChI is InChI=1S/C18H23N5O/c1-13-20-16(22-21-13)14-2-4-15(5-3-14)17(24)23-10-7-18(8-11-23)6-9-19-12-18/h2-5,19H,6-12H2,1H3,(H,20,21,22). The molecule has 24 heavy (non-hydrogen) atoms. The van der Waals surface area contributed by atoms with Crippen molar-refractivity contribution in [2.45, 2.75) is 26.2 Å². The van der Waals surface area contributed by atoms with Crippen LogP contribution in [0.2, 0.25) is 0 Å². The zero-order chi connectivity index (χ0) is 16.6. The number of amides is 1. The molecule has 1 amide bonds. The molecule has 2 aromatic rings. The number of nitrogens with zero attached hydrogens (tertiary/aromatic N) is 3. The van der Waals surface area contributed by atoms with Crippen LogP contribution in [0.1, 0.15) is 35.4 Å². The molecule has 2 aliphatic rings. The van der Waals surface area contributed by atoms with Gasteiger partial charge in [-0.05, 0) is 50.3 Å². The molecule has 0 radical (unpaired) electrons. The van der Waals surface area contributed by atoms with Crippen LogP contribution in [0.4, 0.5) is 0 Å². The molecule has 1 spiro atoms. The number of benzene rings is 1. The molecule has 2 saturated heterocycles. The molecule has 2 N–H and O–H groups in total. The monoisotopic (exact) mass is 325 g/mol. The van der Waals surface area contributed by atoms with Gasteiger partial charge in [0.05, 0.1) is 0 Å². The van der Waals surface area contributed by atoms with Gasteiger partial charge in [-0.2, -0.15) is 5.10 Å². The third kappa shape index (κ3) is 2.82. The maximum atomic E-state index is 12.7. The molecular weight excluding hydrogens is 302 g/mol. The molecule has 0 saturated carbocycles. The van der Waals surface area contributed by atoms with Crippen LogP contribution in [-0.4, -0.2) is 52.2 Å². The van der Waals surface area contributed by atoms with E-state index in [2.05, 4.69) is 20.5 Å². The van der Waals surface area contributed by atoms with Gasteiger partial charge in [-0.3, -0.25) is 9.89 Å². The van der Waals surface area contributed by atoms with E-state index in [1.807, 2.05) is 36.1 Å². The van der Waals surface area contributed by atoms with Crippen LogP contribution in [-0.2, 0) is 0 Å². The summed E-state index contributed by atoms with van der Waals surface area (Å²) < 4.78 is 0. The van der Waals surface area contributed by atoms with Gasteiger partial charge in [0.2, 0.25) is 0 Å². The molecule has 6 heteroatoms. The van der Waals surface area contributed by atoms with Gasteiger partial charge >= 0.3 is 0 Å². The number of aromatic nitrogens is 3. The highest BCUT2D eigenvalue weighted by Gasteiger charge is 2.38. The number of likely N-dealkylation sites (tertiary alicyclic amines) is 1. The molecule has 2 aliphatic heterocycles. The zero-order valence-corrected chi connectivity index (χ0v) is 14.0. The average Bonchev–Trinajstić information content (AvgIpc) is 3.25. The molecule has 126 valence electrons. The fraction of sp³-hybridized carbons (Fsp3) is 0.500. The van der Waals surface area contributed by atoms with Crippen molar-refractivity contribution in [3.63, 3.8) is 0 Å². The number of carbonyl (C=O) groups excluding carboxylic acids is 1. The van der Waals surface area contributed by atoms with Crippen molar-refractivity contribution in [2.24, 2.45) is 5.41 Å². The molecule has 0 aliphatic carbocycles. The normalized spacial score (nSPS) is 19.8. The van der Waals surface area contributed by atoms with Gasteiger partial charge in [0.1, 0.15) is 5.82 Å². The van der Waals surface area contributed by atoms with E-state index in [-0.39, 0.29) is 5.91 Å². The lowest BCUT2D eigenvalue weighted by molar-refractivity contribution is 0.0607. The third-order valence-electron chi connectivity index (χ3n) is 5.43. The zero-order valence-electron chi connectivity index (χ0n) is 14.0. The number of rotatable bonds is 2. The number of carbonyl (C=O) groups is 1.